The highest BCUT2D eigenvalue weighted by atomic mass is 32.2. The Labute approximate surface area is 269 Å². The molecule has 0 aromatic heterocycles. The average molecular weight is 639 g/mol. The van der Waals surface area contributed by atoms with Gasteiger partial charge in [-0.1, -0.05) is 64.4 Å². The molecule has 4 heterocycles. The highest BCUT2D eigenvalue weighted by Gasteiger charge is 2.45. The van der Waals surface area contributed by atoms with Crippen LogP contribution >= 0.6 is 11.8 Å². The Hall–Kier alpha value is -3.41. The van der Waals surface area contributed by atoms with Crippen LogP contribution < -0.4 is 16.0 Å². The van der Waals surface area contributed by atoms with E-state index in [1.807, 2.05) is 58.0 Å². The van der Waals surface area contributed by atoms with Gasteiger partial charge in [-0.2, -0.15) is 0 Å². The summed E-state index contributed by atoms with van der Waals surface area (Å²) in [5.74, 6) is -1.62. The van der Waals surface area contributed by atoms with E-state index in [1.165, 1.54) is 11.8 Å². The smallest absolute Gasteiger partial charge is 0.246 e. The van der Waals surface area contributed by atoms with Crippen molar-refractivity contribution in [2.75, 3.05) is 18.8 Å². The minimum Gasteiger partial charge on any atom is -0.345 e. The average Bonchev–Trinajstić information content (AvgIpc) is 3.82. The van der Waals surface area contributed by atoms with Crippen LogP contribution in [0.5, 0.6) is 0 Å². The summed E-state index contributed by atoms with van der Waals surface area (Å²) in [6, 6.07) is 5.50. The van der Waals surface area contributed by atoms with Crippen LogP contribution in [0.4, 0.5) is 0 Å². The number of nitrogens with one attached hydrogen (secondary N) is 3. The van der Waals surface area contributed by atoms with Gasteiger partial charge in [0.2, 0.25) is 29.5 Å². The zero-order chi connectivity index (χ0) is 32.2. The molecule has 0 unspecified atom stereocenters. The van der Waals surface area contributed by atoms with Crippen molar-refractivity contribution in [3.8, 4) is 0 Å². The molecule has 1 aromatic rings. The fraction of sp³-hybridized carbons (Fsp3) is 0.636. The van der Waals surface area contributed by atoms with E-state index in [-0.39, 0.29) is 35.5 Å². The molecule has 12 heteroatoms. The molecule has 5 rings (SSSR count). The van der Waals surface area contributed by atoms with Crippen molar-refractivity contribution in [2.24, 2.45) is 16.8 Å². The minimum atomic E-state index is -0.865. The molecule has 0 aliphatic carbocycles. The van der Waals surface area contributed by atoms with Crippen molar-refractivity contribution in [1.82, 2.24) is 25.8 Å². The van der Waals surface area contributed by atoms with Gasteiger partial charge in [0, 0.05) is 18.8 Å². The summed E-state index contributed by atoms with van der Waals surface area (Å²) in [6.45, 7) is 8.41. The molecule has 1 aromatic carbocycles. The second-order valence-corrected chi connectivity index (χ2v) is 14.1. The third-order valence-corrected chi connectivity index (χ3v) is 10.7. The van der Waals surface area contributed by atoms with Crippen molar-refractivity contribution >= 4 is 46.3 Å². The number of hydrogen-bond donors (Lipinski definition) is 3. The quantitative estimate of drug-likeness (QED) is 0.450. The largest absolute Gasteiger partial charge is 0.345 e. The van der Waals surface area contributed by atoms with Crippen molar-refractivity contribution < 1.29 is 24.0 Å². The monoisotopic (exact) mass is 638 g/mol. The molecule has 7 atom stereocenters. The molecular formula is C33H46N6O5S. The summed E-state index contributed by atoms with van der Waals surface area (Å²) >= 11 is 1.43. The van der Waals surface area contributed by atoms with Gasteiger partial charge in [-0.05, 0) is 49.5 Å². The molecule has 2 fully saturated rings. The lowest BCUT2D eigenvalue weighted by atomic mass is 9.96. The number of aliphatic imine (C=N–C) groups is 1. The first kappa shape index (κ1) is 33.0. The van der Waals surface area contributed by atoms with Crippen LogP contribution in [0.2, 0.25) is 0 Å². The minimum absolute atomic E-state index is 0.196. The molecule has 0 radical (unpaired) electrons. The summed E-state index contributed by atoms with van der Waals surface area (Å²) < 4.78 is 0. The molecule has 11 nitrogen and oxygen atoms in total. The third kappa shape index (κ3) is 7.21. The van der Waals surface area contributed by atoms with Crippen LogP contribution in [-0.2, 0) is 30.4 Å². The molecule has 244 valence electrons. The van der Waals surface area contributed by atoms with Gasteiger partial charge in [-0.15, -0.1) is 11.8 Å². The Morgan fingerprint density at radius 1 is 0.822 bits per heavy atom. The van der Waals surface area contributed by atoms with E-state index >= 15 is 0 Å². The molecule has 4 aliphatic heterocycles. The highest BCUT2D eigenvalue weighted by molar-refractivity contribution is 8.14. The number of nitrogens with zero attached hydrogens (tertiary/aromatic N) is 3. The van der Waals surface area contributed by atoms with Gasteiger partial charge in [0.15, 0.2) is 0 Å². The lowest BCUT2D eigenvalue weighted by Crippen LogP contribution is -2.60. The van der Waals surface area contributed by atoms with Gasteiger partial charge in [0.25, 0.3) is 0 Å². The summed E-state index contributed by atoms with van der Waals surface area (Å²) in [5, 5.41) is 9.71. The fourth-order valence-corrected chi connectivity index (χ4v) is 7.80. The first-order chi connectivity index (χ1) is 21.6. The number of benzene rings is 1. The van der Waals surface area contributed by atoms with E-state index in [4.69, 9.17) is 4.99 Å². The van der Waals surface area contributed by atoms with E-state index in [9.17, 15) is 24.0 Å². The van der Waals surface area contributed by atoms with Crippen LogP contribution in [0.25, 0.3) is 0 Å². The number of carbonyl (C=O) groups excluding carboxylic acids is 5. The maximum absolute atomic E-state index is 14.0. The Kier molecular flexibility index (Phi) is 10.5. The maximum Gasteiger partial charge on any atom is 0.246 e. The van der Waals surface area contributed by atoms with Crippen molar-refractivity contribution in [3.05, 3.63) is 35.9 Å². The Balaban J connectivity index is 1.52. The molecule has 0 spiro atoms. The van der Waals surface area contributed by atoms with Crippen LogP contribution in [-0.4, -0.2) is 99.5 Å². The second-order valence-electron chi connectivity index (χ2n) is 13.0. The van der Waals surface area contributed by atoms with Crippen LogP contribution in [0.3, 0.4) is 0 Å². The van der Waals surface area contributed by atoms with E-state index in [2.05, 4.69) is 16.0 Å². The molecule has 0 saturated carbocycles. The molecule has 3 N–H and O–H groups in total. The SMILES string of the molecule is CC[C@H](C)[C@@H]1NC(=O)[C@@H]2CSC(=N2)[C@@H](Cc2ccccc2)NC(=O)[C@@H]2CCCN2C(=O)[C@@H]2CCCN2C(=O)[C@H](C(C)C)NC1=O. The van der Waals surface area contributed by atoms with E-state index in [1.54, 1.807) is 9.80 Å². The van der Waals surface area contributed by atoms with Crippen LogP contribution in [0, 0.1) is 11.8 Å². The second kappa shape index (κ2) is 14.3. The van der Waals surface area contributed by atoms with Gasteiger partial charge < -0.3 is 25.8 Å². The molecule has 5 amide bonds. The van der Waals surface area contributed by atoms with Crippen LogP contribution in [0.15, 0.2) is 35.3 Å². The van der Waals surface area contributed by atoms with Gasteiger partial charge in [0.05, 0.1) is 11.1 Å². The standard InChI is InChI=1S/C33H46N6O5S/c1-5-20(4)27-30(42)36-26(19(2)3)33(44)39-16-10-14-25(39)32(43)38-15-9-13-24(38)29(41)34-22(17-21-11-7-6-8-12-21)31-35-23(18-45-31)28(40)37-27/h6-8,11-12,19-20,22-27H,5,9-10,13-18H2,1-4H3,(H,34,41)(H,36,42)(H,37,40)/t20-,22+,23-,24-,25-,26-,27-/m0/s1. The van der Waals surface area contributed by atoms with E-state index < -0.39 is 42.2 Å². The first-order valence-electron chi connectivity index (χ1n) is 16.4. The van der Waals surface area contributed by atoms with Gasteiger partial charge in [-0.25, -0.2) is 0 Å². The van der Waals surface area contributed by atoms with Crippen molar-refractivity contribution in [2.45, 2.75) is 102 Å². The highest BCUT2D eigenvalue weighted by Crippen LogP contribution is 2.28. The van der Waals surface area contributed by atoms with E-state index in [0.717, 1.165) is 5.56 Å². The topological polar surface area (TPSA) is 140 Å². The molecule has 4 aliphatic rings. The predicted octanol–water partition coefficient (Wildman–Crippen LogP) is 1.90. The van der Waals surface area contributed by atoms with E-state index in [0.29, 0.717) is 62.4 Å². The zero-order valence-electron chi connectivity index (χ0n) is 26.7. The maximum atomic E-state index is 14.0. The predicted molar refractivity (Wildman–Crippen MR) is 173 cm³/mol. The Morgan fingerprint density at radius 3 is 2.13 bits per heavy atom. The summed E-state index contributed by atoms with van der Waals surface area (Å²) in [4.78, 5) is 77.2. The molecular weight excluding hydrogens is 592 g/mol. The fourth-order valence-electron chi connectivity index (χ4n) is 6.70. The number of fused-ring (bicyclic) bond motifs is 3. The van der Waals surface area contributed by atoms with Crippen LogP contribution in [0.1, 0.15) is 65.4 Å². The third-order valence-electron chi connectivity index (χ3n) is 9.56. The lowest BCUT2D eigenvalue weighted by molar-refractivity contribution is -0.148. The zero-order valence-corrected chi connectivity index (χ0v) is 27.5. The normalized spacial score (nSPS) is 30.6. The van der Waals surface area contributed by atoms with Crippen molar-refractivity contribution in [3.63, 3.8) is 0 Å². The van der Waals surface area contributed by atoms with Gasteiger partial charge in [0.1, 0.15) is 30.2 Å². The molecule has 45 heavy (non-hydrogen) atoms. The number of amides is 5. The summed E-state index contributed by atoms with van der Waals surface area (Å²) in [5.41, 5.74) is 1.01. The number of carbonyl (C=O) groups is 5. The van der Waals surface area contributed by atoms with Crippen molar-refractivity contribution in [1.29, 1.82) is 0 Å². The summed E-state index contributed by atoms with van der Waals surface area (Å²) in [6.07, 6.45) is 3.50. The summed E-state index contributed by atoms with van der Waals surface area (Å²) in [7, 11) is 0. The molecule has 2 bridgehead atoms. The van der Waals surface area contributed by atoms with Gasteiger partial charge in [-0.3, -0.25) is 29.0 Å². The number of hydrogen-bond acceptors (Lipinski definition) is 7. The molecule has 2 saturated heterocycles. The lowest BCUT2D eigenvalue weighted by Gasteiger charge is -2.35. The first-order valence-corrected chi connectivity index (χ1v) is 17.3. The Morgan fingerprint density at radius 2 is 1.47 bits per heavy atom. The van der Waals surface area contributed by atoms with Gasteiger partial charge >= 0.3 is 0 Å². The Bertz CT molecular complexity index is 1320. The number of thioether (sulfide) groups is 1. The number of rotatable bonds is 5.